The van der Waals surface area contributed by atoms with Crippen LogP contribution in [0.5, 0.6) is 0 Å². The molecule has 0 aliphatic carbocycles. The standard InChI is InChI=1S/C6H4Br2N/c7-4-1-5(8)3-6(9)2-4/h1-3,9H. The summed E-state index contributed by atoms with van der Waals surface area (Å²) in [6.07, 6.45) is 0. The Hall–Kier alpha value is -0.0200. The van der Waals surface area contributed by atoms with E-state index in [1.54, 1.807) is 12.1 Å². The number of hydrogen-bond donors (Lipinski definition) is 0. The normalized spacial score (nSPS) is 9.56. The van der Waals surface area contributed by atoms with Crippen LogP contribution in [0.3, 0.4) is 0 Å². The molecule has 0 fully saturated rings. The molecule has 0 atom stereocenters. The van der Waals surface area contributed by atoms with Gasteiger partial charge in [0.05, 0.1) is 5.69 Å². The van der Waals surface area contributed by atoms with Gasteiger partial charge in [-0.25, -0.2) is 0 Å². The summed E-state index contributed by atoms with van der Waals surface area (Å²) in [6, 6.07) is 5.38. The van der Waals surface area contributed by atoms with Crippen LogP contribution in [0.1, 0.15) is 0 Å². The smallest absolute Gasteiger partial charge is 0.0562 e. The van der Waals surface area contributed by atoms with E-state index in [1.165, 1.54) is 0 Å². The Balaban J connectivity index is 3.17. The van der Waals surface area contributed by atoms with E-state index in [-0.39, 0.29) is 0 Å². The second kappa shape index (κ2) is 2.71. The highest BCUT2D eigenvalue weighted by Crippen LogP contribution is 2.21. The van der Waals surface area contributed by atoms with Gasteiger partial charge in [0.15, 0.2) is 0 Å². The molecule has 9 heavy (non-hydrogen) atoms. The monoisotopic (exact) mass is 248 g/mol. The summed E-state index contributed by atoms with van der Waals surface area (Å²) >= 11 is 6.53. The van der Waals surface area contributed by atoms with Crippen LogP contribution >= 0.6 is 31.9 Å². The Labute approximate surface area is 70.5 Å². The third kappa shape index (κ3) is 1.99. The molecule has 0 saturated carbocycles. The van der Waals surface area contributed by atoms with Crippen LogP contribution in [-0.2, 0) is 0 Å². The maximum absolute atomic E-state index is 7.22. The van der Waals surface area contributed by atoms with E-state index < -0.39 is 0 Å². The fraction of sp³-hybridized carbons (Fsp3) is 0. The molecular weight excluding hydrogens is 246 g/mol. The second-order valence-electron chi connectivity index (χ2n) is 1.66. The number of halogens is 2. The Kier molecular flexibility index (Phi) is 2.13. The molecule has 0 heterocycles. The van der Waals surface area contributed by atoms with Gasteiger partial charge in [0.25, 0.3) is 0 Å². The van der Waals surface area contributed by atoms with Gasteiger partial charge in [-0.2, -0.15) is 0 Å². The average molecular weight is 250 g/mol. The van der Waals surface area contributed by atoms with Crippen LogP contribution in [0.25, 0.3) is 0 Å². The van der Waals surface area contributed by atoms with Crippen molar-refractivity contribution in [3.05, 3.63) is 27.1 Å². The fourth-order valence-corrected chi connectivity index (χ4v) is 1.85. The van der Waals surface area contributed by atoms with Crippen LogP contribution < -0.4 is 5.73 Å². The zero-order chi connectivity index (χ0) is 6.85. The van der Waals surface area contributed by atoms with E-state index in [1.807, 2.05) is 6.07 Å². The highest BCUT2D eigenvalue weighted by Gasteiger charge is 1.91. The summed E-state index contributed by atoms with van der Waals surface area (Å²) < 4.78 is 1.86. The van der Waals surface area contributed by atoms with E-state index in [4.69, 9.17) is 5.73 Å². The van der Waals surface area contributed by atoms with Gasteiger partial charge in [-0.3, -0.25) is 0 Å². The quantitative estimate of drug-likeness (QED) is 0.675. The molecule has 1 radical (unpaired) electrons. The van der Waals surface area contributed by atoms with Gasteiger partial charge in [0, 0.05) is 8.95 Å². The minimum Gasteiger partial charge on any atom is -0.301 e. The molecule has 0 aliphatic rings. The molecule has 3 heteroatoms. The third-order valence-corrected chi connectivity index (χ3v) is 1.78. The van der Waals surface area contributed by atoms with Gasteiger partial charge in [-0.1, -0.05) is 31.9 Å². The van der Waals surface area contributed by atoms with Gasteiger partial charge >= 0.3 is 0 Å². The largest absolute Gasteiger partial charge is 0.301 e. The van der Waals surface area contributed by atoms with E-state index in [9.17, 15) is 0 Å². The molecular formula is C6H4Br2N. The molecule has 1 N–H and O–H groups in total. The van der Waals surface area contributed by atoms with Gasteiger partial charge in [-0.15, -0.1) is 0 Å². The molecule has 0 amide bonds. The van der Waals surface area contributed by atoms with Crippen LogP contribution in [0.15, 0.2) is 27.1 Å². The Bertz CT molecular complexity index is 172. The summed E-state index contributed by atoms with van der Waals surface area (Å²) in [7, 11) is 0. The lowest BCUT2D eigenvalue weighted by molar-refractivity contribution is 1.45. The Morgan fingerprint density at radius 3 is 1.78 bits per heavy atom. The lowest BCUT2D eigenvalue weighted by Gasteiger charge is -1.93. The first-order valence-corrected chi connectivity index (χ1v) is 3.95. The van der Waals surface area contributed by atoms with Crippen molar-refractivity contribution >= 4 is 37.5 Å². The highest BCUT2D eigenvalue weighted by molar-refractivity contribution is 9.11. The molecule has 1 aromatic carbocycles. The molecule has 0 saturated heterocycles. The summed E-state index contributed by atoms with van der Waals surface area (Å²) in [4.78, 5) is 0. The number of benzene rings is 1. The van der Waals surface area contributed by atoms with Crippen LogP contribution in [0, 0.1) is 0 Å². The van der Waals surface area contributed by atoms with Crippen LogP contribution in [0.2, 0.25) is 0 Å². The van der Waals surface area contributed by atoms with Crippen LogP contribution in [0.4, 0.5) is 5.69 Å². The van der Waals surface area contributed by atoms with Crippen molar-refractivity contribution in [2.24, 2.45) is 0 Å². The summed E-state index contributed by atoms with van der Waals surface area (Å²) in [5.74, 6) is 0. The summed E-state index contributed by atoms with van der Waals surface area (Å²) in [5, 5.41) is 0. The lowest BCUT2D eigenvalue weighted by Crippen LogP contribution is -1.69. The molecule has 0 aliphatic heterocycles. The van der Waals surface area contributed by atoms with E-state index in [0.29, 0.717) is 5.69 Å². The Morgan fingerprint density at radius 1 is 1.00 bits per heavy atom. The topological polar surface area (TPSA) is 23.8 Å². The van der Waals surface area contributed by atoms with Crippen LogP contribution in [-0.4, -0.2) is 0 Å². The van der Waals surface area contributed by atoms with Crippen molar-refractivity contribution in [1.82, 2.24) is 5.73 Å². The van der Waals surface area contributed by atoms with Gasteiger partial charge in [-0.05, 0) is 18.2 Å². The molecule has 0 bridgehead atoms. The van der Waals surface area contributed by atoms with Gasteiger partial charge in [0.1, 0.15) is 0 Å². The zero-order valence-corrected chi connectivity index (χ0v) is 7.66. The van der Waals surface area contributed by atoms with Crippen molar-refractivity contribution in [2.45, 2.75) is 0 Å². The fourth-order valence-electron chi connectivity index (χ4n) is 0.554. The van der Waals surface area contributed by atoms with Crippen molar-refractivity contribution in [3.8, 4) is 0 Å². The minimum atomic E-state index is 0.510. The molecule has 0 aromatic heterocycles. The van der Waals surface area contributed by atoms with Gasteiger partial charge in [0.2, 0.25) is 0 Å². The number of rotatable bonds is 0. The predicted octanol–water partition coefficient (Wildman–Crippen LogP) is 3.13. The van der Waals surface area contributed by atoms with Crippen molar-refractivity contribution in [3.63, 3.8) is 0 Å². The number of nitrogens with one attached hydrogen (secondary N) is 1. The second-order valence-corrected chi connectivity index (χ2v) is 3.49. The molecule has 0 unspecified atom stereocenters. The zero-order valence-electron chi connectivity index (χ0n) is 4.49. The summed E-state index contributed by atoms with van der Waals surface area (Å²) in [5.41, 5.74) is 7.73. The highest BCUT2D eigenvalue weighted by atomic mass is 79.9. The lowest BCUT2D eigenvalue weighted by atomic mass is 10.3. The molecule has 1 aromatic rings. The van der Waals surface area contributed by atoms with E-state index >= 15 is 0 Å². The predicted molar refractivity (Wildman–Crippen MR) is 44.6 cm³/mol. The van der Waals surface area contributed by atoms with Gasteiger partial charge < -0.3 is 5.73 Å². The maximum Gasteiger partial charge on any atom is 0.0562 e. The molecule has 0 spiro atoms. The van der Waals surface area contributed by atoms with E-state index in [0.717, 1.165) is 8.95 Å². The average Bonchev–Trinajstić information content (AvgIpc) is 1.59. The van der Waals surface area contributed by atoms with Crippen molar-refractivity contribution in [1.29, 1.82) is 0 Å². The molecule has 47 valence electrons. The SMILES string of the molecule is [NH]c1cc(Br)cc(Br)c1. The third-order valence-electron chi connectivity index (χ3n) is 0.863. The first-order valence-electron chi connectivity index (χ1n) is 2.36. The molecule has 1 rings (SSSR count). The molecule has 1 nitrogen and oxygen atoms in total. The summed E-state index contributed by atoms with van der Waals surface area (Å²) in [6.45, 7) is 0. The first-order chi connectivity index (χ1) is 4.18. The van der Waals surface area contributed by atoms with Crippen molar-refractivity contribution in [2.75, 3.05) is 0 Å². The maximum atomic E-state index is 7.22. The van der Waals surface area contributed by atoms with Crippen molar-refractivity contribution < 1.29 is 0 Å². The number of hydrogen-bond acceptors (Lipinski definition) is 0. The Morgan fingerprint density at radius 2 is 1.44 bits per heavy atom. The van der Waals surface area contributed by atoms with E-state index in [2.05, 4.69) is 31.9 Å². The first kappa shape index (κ1) is 7.09. The minimum absolute atomic E-state index is 0.510.